The summed E-state index contributed by atoms with van der Waals surface area (Å²) < 4.78 is 23.2. The summed E-state index contributed by atoms with van der Waals surface area (Å²) in [5, 5.41) is 3.14. The van der Waals surface area contributed by atoms with E-state index in [-0.39, 0.29) is 24.0 Å². The van der Waals surface area contributed by atoms with Crippen LogP contribution in [0, 0.1) is 0 Å². The molecule has 1 saturated heterocycles. The molecule has 0 aromatic carbocycles. The molecular formula is C14H21N3O3S. The Bertz CT molecular complexity index is 601. The van der Waals surface area contributed by atoms with Gasteiger partial charge in [-0.1, -0.05) is 6.92 Å². The molecule has 2 heterocycles. The summed E-state index contributed by atoms with van der Waals surface area (Å²) in [7, 11) is -3.01. The van der Waals surface area contributed by atoms with Crippen LogP contribution >= 0.6 is 0 Å². The molecule has 1 N–H and O–H groups in total. The summed E-state index contributed by atoms with van der Waals surface area (Å²) in [4.78, 5) is 18.2. The van der Waals surface area contributed by atoms with Gasteiger partial charge in [-0.2, -0.15) is 0 Å². The molecule has 7 heteroatoms. The Labute approximate surface area is 125 Å². The molecule has 0 unspecified atom stereocenters. The smallest absolute Gasteiger partial charge is 0.254 e. The Morgan fingerprint density at radius 1 is 1.38 bits per heavy atom. The summed E-state index contributed by atoms with van der Waals surface area (Å²) in [5.74, 6) is 0.750. The predicted octanol–water partition coefficient (Wildman–Crippen LogP) is 1.16. The van der Waals surface area contributed by atoms with E-state index in [9.17, 15) is 13.2 Å². The Kier molecular flexibility index (Phi) is 5.17. The van der Waals surface area contributed by atoms with Gasteiger partial charge in [0.05, 0.1) is 11.5 Å². The molecule has 0 bridgehead atoms. The van der Waals surface area contributed by atoms with Crippen molar-refractivity contribution in [3.8, 4) is 0 Å². The molecule has 6 nitrogen and oxygen atoms in total. The Morgan fingerprint density at radius 2 is 2.19 bits per heavy atom. The molecule has 2 rings (SSSR count). The number of rotatable bonds is 4. The predicted molar refractivity (Wildman–Crippen MR) is 82.2 cm³/mol. The lowest BCUT2D eigenvalue weighted by Crippen LogP contribution is -2.33. The number of carbonyl (C=O) groups excluding carboxylic acids is 1. The van der Waals surface area contributed by atoms with Crippen molar-refractivity contribution in [2.24, 2.45) is 0 Å². The van der Waals surface area contributed by atoms with Gasteiger partial charge < -0.3 is 10.2 Å². The first-order valence-corrected chi connectivity index (χ1v) is 9.03. The van der Waals surface area contributed by atoms with Gasteiger partial charge in [0.2, 0.25) is 0 Å². The fraction of sp³-hybridized carbons (Fsp3) is 0.571. The number of nitrogens with one attached hydrogen (secondary N) is 1. The van der Waals surface area contributed by atoms with Crippen LogP contribution in [0.3, 0.4) is 0 Å². The van der Waals surface area contributed by atoms with E-state index < -0.39 is 9.84 Å². The first-order chi connectivity index (χ1) is 10.0. The number of aromatic nitrogens is 1. The van der Waals surface area contributed by atoms with Crippen LogP contribution in [0.15, 0.2) is 18.3 Å². The number of carbonyl (C=O) groups is 1. The van der Waals surface area contributed by atoms with Crippen molar-refractivity contribution in [3.05, 3.63) is 23.9 Å². The molecular weight excluding hydrogens is 290 g/mol. The standard InChI is InChI=1S/C14H21N3O3S/c1-2-5-15-13-11-12(4-6-16-13)14(18)17-7-3-9-21(19,20)10-8-17/h4,6,11H,2-3,5,7-10H2,1H3,(H,15,16). The molecule has 1 aromatic rings. The van der Waals surface area contributed by atoms with E-state index in [4.69, 9.17) is 0 Å². The van der Waals surface area contributed by atoms with Crippen molar-refractivity contribution in [2.45, 2.75) is 19.8 Å². The Morgan fingerprint density at radius 3 is 2.95 bits per heavy atom. The number of hydrogen-bond acceptors (Lipinski definition) is 5. The van der Waals surface area contributed by atoms with Crippen molar-refractivity contribution in [1.82, 2.24) is 9.88 Å². The van der Waals surface area contributed by atoms with Gasteiger partial charge in [-0.05, 0) is 25.0 Å². The van der Waals surface area contributed by atoms with E-state index >= 15 is 0 Å². The minimum absolute atomic E-state index is 0.0464. The number of amides is 1. The van der Waals surface area contributed by atoms with Crippen LogP contribution in [0.5, 0.6) is 0 Å². The fourth-order valence-corrected chi connectivity index (χ4v) is 3.51. The molecule has 0 saturated carbocycles. The average Bonchev–Trinajstić information content (AvgIpc) is 2.65. The normalized spacial score (nSPS) is 18.0. The topological polar surface area (TPSA) is 79.4 Å². The minimum atomic E-state index is -3.01. The molecule has 0 radical (unpaired) electrons. The third-order valence-electron chi connectivity index (χ3n) is 3.41. The Hall–Kier alpha value is -1.63. The molecule has 0 atom stereocenters. The van der Waals surface area contributed by atoms with E-state index in [1.54, 1.807) is 23.2 Å². The summed E-state index contributed by atoms with van der Waals surface area (Å²) >= 11 is 0. The van der Waals surface area contributed by atoms with E-state index in [0.29, 0.717) is 24.3 Å². The van der Waals surface area contributed by atoms with Crippen LogP contribution in [0.25, 0.3) is 0 Å². The van der Waals surface area contributed by atoms with Gasteiger partial charge in [-0.25, -0.2) is 13.4 Å². The van der Waals surface area contributed by atoms with Gasteiger partial charge in [-0.3, -0.25) is 4.79 Å². The van der Waals surface area contributed by atoms with Gasteiger partial charge in [0, 0.05) is 31.4 Å². The van der Waals surface area contributed by atoms with Gasteiger partial charge in [0.15, 0.2) is 9.84 Å². The maximum Gasteiger partial charge on any atom is 0.254 e. The zero-order valence-electron chi connectivity index (χ0n) is 12.2. The first-order valence-electron chi connectivity index (χ1n) is 7.21. The summed E-state index contributed by atoms with van der Waals surface area (Å²) in [6.45, 7) is 3.60. The van der Waals surface area contributed by atoms with Crippen LogP contribution in [0.4, 0.5) is 5.82 Å². The highest BCUT2D eigenvalue weighted by atomic mass is 32.2. The lowest BCUT2D eigenvalue weighted by atomic mass is 10.2. The van der Waals surface area contributed by atoms with Crippen molar-refractivity contribution in [3.63, 3.8) is 0 Å². The van der Waals surface area contributed by atoms with Crippen molar-refractivity contribution in [1.29, 1.82) is 0 Å². The number of nitrogens with zero attached hydrogens (tertiary/aromatic N) is 2. The highest BCUT2D eigenvalue weighted by Crippen LogP contribution is 2.13. The number of pyridine rings is 1. The highest BCUT2D eigenvalue weighted by molar-refractivity contribution is 7.91. The third-order valence-corrected chi connectivity index (χ3v) is 5.12. The molecule has 1 aliphatic rings. The van der Waals surface area contributed by atoms with Crippen LogP contribution in [0.1, 0.15) is 30.1 Å². The zero-order valence-corrected chi connectivity index (χ0v) is 13.0. The van der Waals surface area contributed by atoms with Gasteiger partial charge >= 0.3 is 0 Å². The minimum Gasteiger partial charge on any atom is -0.370 e. The van der Waals surface area contributed by atoms with Crippen molar-refractivity contribution < 1.29 is 13.2 Å². The first kappa shape index (κ1) is 15.8. The number of sulfone groups is 1. The maximum atomic E-state index is 12.5. The van der Waals surface area contributed by atoms with Crippen LogP contribution in [0.2, 0.25) is 0 Å². The SMILES string of the molecule is CCCNc1cc(C(=O)N2CCCS(=O)(=O)CC2)ccn1. The van der Waals surface area contributed by atoms with Crippen LogP contribution in [-0.4, -0.2) is 55.3 Å². The molecule has 0 aliphatic carbocycles. The van der Waals surface area contributed by atoms with E-state index in [0.717, 1.165) is 13.0 Å². The van der Waals surface area contributed by atoms with E-state index in [2.05, 4.69) is 17.2 Å². The van der Waals surface area contributed by atoms with Crippen molar-refractivity contribution >= 4 is 21.6 Å². The summed E-state index contributed by atoms with van der Waals surface area (Å²) in [6.07, 6.45) is 3.07. The second-order valence-corrected chi connectivity index (χ2v) is 7.46. The molecule has 0 spiro atoms. The van der Waals surface area contributed by atoms with E-state index in [1.807, 2.05) is 0 Å². The lowest BCUT2D eigenvalue weighted by molar-refractivity contribution is 0.0768. The average molecular weight is 311 g/mol. The fourth-order valence-electron chi connectivity index (χ4n) is 2.24. The van der Waals surface area contributed by atoms with Crippen LogP contribution in [-0.2, 0) is 9.84 Å². The highest BCUT2D eigenvalue weighted by Gasteiger charge is 2.23. The number of anilines is 1. The van der Waals surface area contributed by atoms with Crippen LogP contribution < -0.4 is 5.32 Å². The van der Waals surface area contributed by atoms with Gasteiger partial charge in [0.25, 0.3) is 5.91 Å². The monoisotopic (exact) mass is 311 g/mol. The second kappa shape index (κ2) is 6.89. The molecule has 1 aliphatic heterocycles. The third kappa shape index (κ3) is 4.42. The zero-order chi connectivity index (χ0) is 15.3. The largest absolute Gasteiger partial charge is 0.370 e. The quantitative estimate of drug-likeness (QED) is 0.903. The van der Waals surface area contributed by atoms with Crippen molar-refractivity contribution in [2.75, 3.05) is 36.5 Å². The molecule has 21 heavy (non-hydrogen) atoms. The van der Waals surface area contributed by atoms with Gasteiger partial charge in [-0.15, -0.1) is 0 Å². The summed E-state index contributed by atoms with van der Waals surface area (Å²) in [5.41, 5.74) is 0.544. The Balaban J connectivity index is 2.08. The summed E-state index contributed by atoms with van der Waals surface area (Å²) in [6, 6.07) is 3.39. The van der Waals surface area contributed by atoms with E-state index in [1.165, 1.54) is 0 Å². The maximum absolute atomic E-state index is 12.5. The number of hydrogen-bond donors (Lipinski definition) is 1. The lowest BCUT2D eigenvalue weighted by Gasteiger charge is -2.20. The second-order valence-electron chi connectivity index (χ2n) is 5.15. The molecule has 1 fully saturated rings. The molecule has 1 amide bonds. The molecule has 1 aromatic heterocycles. The molecule has 116 valence electrons. The van der Waals surface area contributed by atoms with Gasteiger partial charge in [0.1, 0.15) is 5.82 Å².